The number of benzene rings is 1. The summed E-state index contributed by atoms with van der Waals surface area (Å²) in [5, 5.41) is 11.7. The van der Waals surface area contributed by atoms with Crippen molar-refractivity contribution in [2.45, 2.75) is 25.2 Å². The van der Waals surface area contributed by atoms with E-state index in [-0.39, 0.29) is 31.4 Å². The molecule has 1 unspecified atom stereocenters. The third kappa shape index (κ3) is 5.07. The van der Waals surface area contributed by atoms with Crippen LogP contribution in [0.4, 0.5) is 17.6 Å². The van der Waals surface area contributed by atoms with Gasteiger partial charge in [0.05, 0.1) is 12.2 Å². The normalized spacial score (nSPS) is 13.5. The maximum absolute atomic E-state index is 12.9. The summed E-state index contributed by atoms with van der Waals surface area (Å²) in [6, 6.07) is 2.31. The van der Waals surface area contributed by atoms with E-state index in [9.17, 15) is 17.6 Å². The molecule has 2 N–H and O–H groups in total. The molecule has 0 spiro atoms. The van der Waals surface area contributed by atoms with Crippen molar-refractivity contribution in [3.05, 3.63) is 35.1 Å². The molecule has 0 amide bonds. The van der Waals surface area contributed by atoms with E-state index < -0.39 is 17.6 Å². The highest BCUT2D eigenvalue weighted by Gasteiger charge is 2.33. The maximum Gasteiger partial charge on any atom is 0.416 e. The van der Waals surface area contributed by atoms with Crippen LogP contribution >= 0.6 is 0 Å². The Hall–Kier alpha value is -1.18. The van der Waals surface area contributed by atoms with Crippen molar-refractivity contribution in [3.63, 3.8) is 0 Å². The molecule has 0 aliphatic rings. The average molecular weight is 295 g/mol. The smallest absolute Gasteiger partial charge is 0.396 e. The Kier molecular flexibility index (Phi) is 6.38. The highest BCUT2D eigenvalue weighted by atomic mass is 19.4. The number of methoxy groups -OCH3 is 1. The van der Waals surface area contributed by atoms with Crippen LogP contribution < -0.4 is 5.32 Å². The third-order valence-electron chi connectivity index (χ3n) is 2.80. The van der Waals surface area contributed by atoms with Crippen LogP contribution in [0.25, 0.3) is 0 Å². The van der Waals surface area contributed by atoms with E-state index in [2.05, 4.69) is 5.32 Å². The zero-order chi connectivity index (χ0) is 15.2. The van der Waals surface area contributed by atoms with Gasteiger partial charge in [0.1, 0.15) is 5.82 Å². The van der Waals surface area contributed by atoms with Gasteiger partial charge in [0, 0.05) is 26.3 Å². The molecule has 1 aromatic rings. The summed E-state index contributed by atoms with van der Waals surface area (Å²) in [6.45, 7) is 0.0861. The van der Waals surface area contributed by atoms with Gasteiger partial charge in [-0.05, 0) is 24.1 Å². The summed E-state index contributed by atoms with van der Waals surface area (Å²) in [4.78, 5) is 0. The van der Waals surface area contributed by atoms with Crippen LogP contribution in [-0.4, -0.2) is 31.5 Å². The highest BCUT2D eigenvalue weighted by molar-refractivity contribution is 5.30. The Balaban J connectivity index is 2.81. The molecule has 1 aromatic carbocycles. The van der Waals surface area contributed by atoms with Crippen molar-refractivity contribution in [2.24, 2.45) is 0 Å². The molecule has 0 aromatic heterocycles. The molecular weight excluding hydrogens is 278 g/mol. The minimum atomic E-state index is -4.60. The van der Waals surface area contributed by atoms with E-state index >= 15 is 0 Å². The molecule has 0 fully saturated rings. The van der Waals surface area contributed by atoms with Crippen molar-refractivity contribution in [1.82, 2.24) is 5.32 Å². The lowest BCUT2D eigenvalue weighted by Gasteiger charge is -2.19. The third-order valence-corrected chi connectivity index (χ3v) is 2.80. The number of alkyl halides is 3. The van der Waals surface area contributed by atoms with E-state index in [4.69, 9.17) is 9.84 Å². The van der Waals surface area contributed by atoms with Gasteiger partial charge in [-0.15, -0.1) is 0 Å². The molecule has 0 heterocycles. The Morgan fingerprint density at radius 1 is 1.35 bits per heavy atom. The number of halogens is 4. The van der Waals surface area contributed by atoms with Gasteiger partial charge in [0.15, 0.2) is 0 Å². The second kappa shape index (κ2) is 7.56. The number of aliphatic hydroxyl groups excluding tert-OH is 1. The summed E-state index contributed by atoms with van der Waals surface area (Å²) in [5.41, 5.74) is -1.04. The van der Waals surface area contributed by atoms with Gasteiger partial charge in [-0.25, -0.2) is 4.39 Å². The summed E-state index contributed by atoms with van der Waals surface area (Å²) in [7, 11) is 1.46. The topological polar surface area (TPSA) is 41.5 Å². The van der Waals surface area contributed by atoms with Gasteiger partial charge in [0.2, 0.25) is 0 Å². The first-order valence-electron chi connectivity index (χ1n) is 6.07. The fourth-order valence-corrected chi connectivity index (χ4v) is 1.82. The monoisotopic (exact) mass is 295 g/mol. The summed E-state index contributed by atoms with van der Waals surface area (Å²) in [6.07, 6.45) is -4.25. The Morgan fingerprint density at radius 3 is 2.60 bits per heavy atom. The van der Waals surface area contributed by atoms with Crippen LogP contribution in [0.3, 0.4) is 0 Å². The SMILES string of the molecule is COCC(CCO)NCc1ccc(F)cc1C(F)(F)F. The molecule has 0 aliphatic heterocycles. The quantitative estimate of drug-likeness (QED) is 0.759. The zero-order valence-electron chi connectivity index (χ0n) is 11.0. The molecule has 114 valence electrons. The lowest BCUT2D eigenvalue weighted by Crippen LogP contribution is -2.34. The van der Waals surface area contributed by atoms with Crippen LogP contribution in [0, 0.1) is 5.82 Å². The summed E-state index contributed by atoms with van der Waals surface area (Å²) >= 11 is 0. The second-order valence-corrected chi connectivity index (χ2v) is 4.34. The summed E-state index contributed by atoms with van der Waals surface area (Å²) < 4.78 is 56.2. The van der Waals surface area contributed by atoms with Gasteiger partial charge < -0.3 is 15.2 Å². The number of ether oxygens (including phenoxy) is 1. The molecule has 1 rings (SSSR count). The first kappa shape index (κ1) is 16.9. The first-order chi connectivity index (χ1) is 9.38. The van der Waals surface area contributed by atoms with E-state index in [1.165, 1.54) is 7.11 Å². The van der Waals surface area contributed by atoms with Crippen LogP contribution in [0.1, 0.15) is 17.5 Å². The minimum absolute atomic E-state index is 0.0436. The van der Waals surface area contributed by atoms with E-state index in [0.717, 1.165) is 12.1 Å². The Morgan fingerprint density at radius 2 is 2.05 bits per heavy atom. The molecule has 20 heavy (non-hydrogen) atoms. The molecular formula is C13H17F4NO2. The van der Waals surface area contributed by atoms with E-state index in [0.29, 0.717) is 12.5 Å². The fraction of sp³-hybridized carbons (Fsp3) is 0.538. The van der Waals surface area contributed by atoms with Crippen molar-refractivity contribution < 1.29 is 27.4 Å². The van der Waals surface area contributed by atoms with Gasteiger partial charge in [-0.3, -0.25) is 0 Å². The lowest BCUT2D eigenvalue weighted by molar-refractivity contribution is -0.138. The average Bonchev–Trinajstić information content (AvgIpc) is 2.36. The number of rotatable bonds is 7. The van der Waals surface area contributed by atoms with Crippen LogP contribution in [-0.2, 0) is 17.5 Å². The molecule has 0 aliphatic carbocycles. The largest absolute Gasteiger partial charge is 0.416 e. The molecule has 7 heteroatoms. The first-order valence-corrected chi connectivity index (χ1v) is 6.07. The van der Waals surface area contributed by atoms with Gasteiger partial charge in [-0.1, -0.05) is 6.07 Å². The number of nitrogens with one attached hydrogen (secondary N) is 1. The van der Waals surface area contributed by atoms with Gasteiger partial charge in [0.25, 0.3) is 0 Å². The van der Waals surface area contributed by atoms with Gasteiger partial charge in [-0.2, -0.15) is 13.2 Å². The molecule has 0 bridgehead atoms. The molecule has 0 saturated carbocycles. The Bertz CT molecular complexity index is 417. The van der Waals surface area contributed by atoms with Crippen LogP contribution in [0.2, 0.25) is 0 Å². The zero-order valence-corrected chi connectivity index (χ0v) is 11.0. The second-order valence-electron chi connectivity index (χ2n) is 4.34. The predicted octanol–water partition coefficient (Wildman–Crippen LogP) is 2.33. The number of hydrogen-bond donors (Lipinski definition) is 2. The van der Waals surface area contributed by atoms with Crippen LogP contribution in [0.15, 0.2) is 18.2 Å². The highest BCUT2D eigenvalue weighted by Crippen LogP contribution is 2.32. The van der Waals surface area contributed by atoms with Crippen molar-refractivity contribution in [2.75, 3.05) is 20.3 Å². The van der Waals surface area contributed by atoms with Gasteiger partial charge >= 0.3 is 6.18 Å². The maximum atomic E-state index is 12.9. The Labute approximate surface area is 114 Å². The molecule has 1 atom stereocenters. The van der Waals surface area contributed by atoms with Crippen molar-refractivity contribution in [3.8, 4) is 0 Å². The van der Waals surface area contributed by atoms with E-state index in [1.54, 1.807) is 0 Å². The standard InChI is InChI=1S/C13H17F4NO2/c1-20-8-11(4-5-19)18-7-9-2-3-10(14)6-12(9)13(15,16)17/h2-3,6,11,18-19H,4-5,7-8H2,1H3. The fourth-order valence-electron chi connectivity index (χ4n) is 1.82. The van der Waals surface area contributed by atoms with Crippen LogP contribution in [0.5, 0.6) is 0 Å². The number of aliphatic hydroxyl groups is 1. The van der Waals surface area contributed by atoms with Crippen molar-refractivity contribution >= 4 is 0 Å². The predicted molar refractivity (Wildman–Crippen MR) is 65.6 cm³/mol. The molecule has 0 saturated heterocycles. The number of hydrogen-bond acceptors (Lipinski definition) is 3. The molecule has 0 radical (unpaired) electrons. The lowest BCUT2D eigenvalue weighted by atomic mass is 10.1. The molecule has 3 nitrogen and oxygen atoms in total. The van der Waals surface area contributed by atoms with E-state index in [1.807, 2.05) is 0 Å². The van der Waals surface area contributed by atoms with Crippen molar-refractivity contribution in [1.29, 1.82) is 0 Å². The summed E-state index contributed by atoms with van der Waals surface area (Å²) in [5.74, 6) is -0.926. The minimum Gasteiger partial charge on any atom is -0.396 e.